The van der Waals surface area contributed by atoms with Crippen molar-refractivity contribution in [2.45, 2.75) is 79.4 Å². The number of para-hydroxylation sites is 1. The molecule has 0 unspecified atom stereocenters. The van der Waals surface area contributed by atoms with Crippen molar-refractivity contribution in [3.63, 3.8) is 0 Å². The van der Waals surface area contributed by atoms with E-state index in [1.807, 2.05) is 54.7 Å². The van der Waals surface area contributed by atoms with Gasteiger partial charge in [0.05, 0.1) is 36.7 Å². The quantitative estimate of drug-likeness (QED) is 0.107. The topological polar surface area (TPSA) is 56.7 Å². The Labute approximate surface area is 375 Å². The van der Waals surface area contributed by atoms with Crippen molar-refractivity contribution < 1.29 is 24.5 Å². The summed E-state index contributed by atoms with van der Waals surface area (Å²) in [5.41, 5.74) is 14.1. The van der Waals surface area contributed by atoms with E-state index in [2.05, 4.69) is 161 Å². The van der Waals surface area contributed by atoms with Crippen LogP contribution in [-0.2, 0) is 26.5 Å². The number of nitrogens with zero attached hydrogens (tertiary/aromatic N) is 4. The molecular formula is C54H54IrN4OSi-2. The largest absolute Gasteiger partial charge is 0.501 e. The second-order valence-electron chi connectivity index (χ2n) is 17.9. The summed E-state index contributed by atoms with van der Waals surface area (Å²) in [6, 6.07) is 46.7. The molecule has 4 heterocycles. The molecule has 0 N–H and O–H groups in total. The third kappa shape index (κ3) is 8.97. The third-order valence-electron chi connectivity index (χ3n) is 11.2. The average molecular weight is 995 g/mol. The van der Waals surface area contributed by atoms with E-state index >= 15 is 0 Å². The molecule has 0 spiro atoms. The number of hydrogen-bond donors (Lipinski definition) is 0. The molecule has 9 rings (SSSR count). The van der Waals surface area contributed by atoms with Gasteiger partial charge in [0.2, 0.25) is 0 Å². The van der Waals surface area contributed by atoms with Gasteiger partial charge < -0.3 is 14.0 Å². The Bertz CT molecular complexity index is 2900. The maximum absolute atomic E-state index is 6.46. The zero-order valence-electron chi connectivity index (χ0n) is 36.7. The molecule has 5 aromatic carbocycles. The van der Waals surface area contributed by atoms with Gasteiger partial charge in [-0.05, 0) is 81.6 Å². The molecular weight excluding hydrogens is 941 g/mol. The van der Waals surface area contributed by atoms with E-state index in [1.54, 1.807) is 6.20 Å². The Morgan fingerprint density at radius 2 is 1.41 bits per heavy atom. The van der Waals surface area contributed by atoms with Crippen LogP contribution in [0.4, 0.5) is 0 Å². The van der Waals surface area contributed by atoms with Gasteiger partial charge >= 0.3 is 0 Å². The van der Waals surface area contributed by atoms with Crippen molar-refractivity contribution in [1.29, 1.82) is 0 Å². The van der Waals surface area contributed by atoms with E-state index in [4.69, 9.17) is 9.40 Å². The number of rotatable bonds is 9. The van der Waals surface area contributed by atoms with Crippen LogP contribution in [0.5, 0.6) is 0 Å². The molecule has 311 valence electrons. The molecule has 0 amide bonds. The number of pyridine rings is 2. The molecule has 0 saturated heterocycles. The van der Waals surface area contributed by atoms with Crippen molar-refractivity contribution >= 4 is 46.2 Å². The Balaban J connectivity index is 0.000000226. The molecule has 5 nitrogen and oxygen atoms in total. The van der Waals surface area contributed by atoms with E-state index in [-0.39, 0.29) is 31.9 Å². The molecule has 61 heavy (non-hydrogen) atoms. The molecule has 1 radical (unpaired) electrons. The summed E-state index contributed by atoms with van der Waals surface area (Å²) in [4.78, 5) is 14.4. The van der Waals surface area contributed by atoms with Crippen LogP contribution >= 0.6 is 0 Å². The molecule has 0 aliphatic rings. The summed E-state index contributed by atoms with van der Waals surface area (Å²) in [5, 5.41) is 3.65. The maximum Gasteiger partial charge on any atom is 0.120 e. The standard InChI is InChI=1S/C36H30N3O.C18H24NSi.Ir/c1-22(2)29-19-25(24-11-6-5-7-12-24)20-30(23(3)4)34(29)39-32-21-37-18-17-31(32)38-36(39)28-15-10-14-27-26-13-8-9-16-33(26)40-35(27)28;1-14(2)11-16-12-17(15-9-7-6-8-10-15)19-13-18(16)20(3,4)5;/h5-14,16-23H,1-4H3;6-9,12-14H,11H2,1-5H3;/q2*-1;. The molecule has 0 aliphatic heterocycles. The summed E-state index contributed by atoms with van der Waals surface area (Å²) in [5.74, 6) is 2.04. The van der Waals surface area contributed by atoms with Gasteiger partial charge in [0, 0.05) is 43.6 Å². The minimum Gasteiger partial charge on any atom is -0.501 e. The normalized spacial score (nSPS) is 11.7. The number of benzene rings is 5. The van der Waals surface area contributed by atoms with Crippen LogP contribution < -0.4 is 5.19 Å². The smallest absolute Gasteiger partial charge is 0.120 e. The SMILES string of the molecule is CC(C)Cc1cc(-c2[c-]cccc2)ncc1[Si](C)(C)C.CC(C)c1cc(-c2ccccc2)cc(C(C)C)c1-n1c(-c2[c-]ccc3c2oc2ccccc23)nc2ccncc21.[Ir]. The first-order valence-corrected chi connectivity index (χ1v) is 24.7. The van der Waals surface area contributed by atoms with E-state index in [9.17, 15) is 0 Å². The summed E-state index contributed by atoms with van der Waals surface area (Å²) in [6.45, 7) is 20.8. The monoisotopic (exact) mass is 995 g/mol. The Morgan fingerprint density at radius 3 is 2.08 bits per heavy atom. The Morgan fingerprint density at radius 1 is 0.705 bits per heavy atom. The van der Waals surface area contributed by atoms with Crippen molar-refractivity contribution in [3.05, 3.63) is 163 Å². The van der Waals surface area contributed by atoms with Gasteiger partial charge in [-0.25, -0.2) is 0 Å². The summed E-state index contributed by atoms with van der Waals surface area (Å²) in [7, 11) is -1.34. The van der Waals surface area contributed by atoms with Crippen LogP contribution in [-0.4, -0.2) is 27.6 Å². The van der Waals surface area contributed by atoms with Crippen LogP contribution in [0, 0.1) is 18.1 Å². The van der Waals surface area contributed by atoms with Crippen LogP contribution in [0.15, 0.2) is 138 Å². The molecule has 7 heteroatoms. The van der Waals surface area contributed by atoms with Crippen molar-refractivity contribution in [3.8, 4) is 39.5 Å². The van der Waals surface area contributed by atoms with Crippen molar-refractivity contribution in [1.82, 2.24) is 19.5 Å². The minimum atomic E-state index is -1.34. The van der Waals surface area contributed by atoms with Gasteiger partial charge in [-0.15, -0.1) is 54.1 Å². The van der Waals surface area contributed by atoms with Gasteiger partial charge in [-0.2, -0.15) is 0 Å². The van der Waals surface area contributed by atoms with E-state index in [0.717, 1.165) is 67.7 Å². The second-order valence-corrected chi connectivity index (χ2v) is 22.9. The summed E-state index contributed by atoms with van der Waals surface area (Å²) >= 11 is 0. The molecule has 4 aromatic heterocycles. The molecule has 0 bridgehead atoms. The van der Waals surface area contributed by atoms with Crippen LogP contribution in [0.2, 0.25) is 19.6 Å². The first-order chi connectivity index (χ1) is 28.9. The van der Waals surface area contributed by atoms with Crippen LogP contribution in [0.3, 0.4) is 0 Å². The Kier molecular flexibility index (Phi) is 13.1. The number of aromatic nitrogens is 4. The molecule has 0 atom stereocenters. The molecule has 0 aliphatic carbocycles. The van der Waals surface area contributed by atoms with Gasteiger partial charge in [0.15, 0.2) is 0 Å². The van der Waals surface area contributed by atoms with Gasteiger partial charge in [-0.1, -0.05) is 132 Å². The molecule has 0 saturated carbocycles. The fraction of sp³-hybridized carbons (Fsp3) is 0.241. The first-order valence-electron chi connectivity index (χ1n) is 21.2. The van der Waals surface area contributed by atoms with Crippen LogP contribution in [0.25, 0.3) is 72.4 Å². The summed E-state index contributed by atoms with van der Waals surface area (Å²) < 4.78 is 8.75. The predicted molar refractivity (Wildman–Crippen MR) is 254 cm³/mol. The maximum atomic E-state index is 6.46. The van der Waals surface area contributed by atoms with Gasteiger partial charge in [0.1, 0.15) is 5.58 Å². The summed E-state index contributed by atoms with van der Waals surface area (Å²) in [6.07, 6.45) is 6.96. The van der Waals surface area contributed by atoms with E-state index < -0.39 is 8.07 Å². The van der Waals surface area contributed by atoms with Gasteiger partial charge in [-0.3, -0.25) is 9.97 Å². The van der Waals surface area contributed by atoms with Crippen molar-refractivity contribution in [2.75, 3.05) is 0 Å². The third-order valence-corrected chi connectivity index (χ3v) is 13.2. The fourth-order valence-corrected chi connectivity index (χ4v) is 9.86. The van der Waals surface area contributed by atoms with E-state index in [0.29, 0.717) is 5.92 Å². The zero-order valence-corrected chi connectivity index (χ0v) is 40.1. The second kappa shape index (κ2) is 18.3. The first kappa shape index (κ1) is 43.6. The van der Waals surface area contributed by atoms with E-state index in [1.165, 1.54) is 33.0 Å². The predicted octanol–water partition coefficient (Wildman–Crippen LogP) is 14.0. The van der Waals surface area contributed by atoms with Crippen LogP contribution in [0.1, 0.15) is 70.1 Å². The number of fused-ring (bicyclic) bond motifs is 4. The number of furan rings is 1. The average Bonchev–Trinajstić information content (AvgIpc) is 3.82. The van der Waals surface area contributed by atoms with Crippen molar-refractivity contribution in [2.24, 2.45) is 5.92 Å². The zero-order chi connectivity index (χ0) is 42.1. The minimum absolute atomic E-state index is 0. The van der Waals surface area contributed by atoms with Gasteiger partial charge in [0.25, 0.3) is 0 Å². The number of imidazole rings is 1. The molecule has 9 aromatic rings. The number of hydrogen-bond acceptors (Lipinski definition) is 4. The fourth-order valence-electron chi connectivity index (χ4n) is 8.27. The Hall–Kier alpha value is -5.46. The molecule has 0 fully saturated rings.